The van der Waals surface area contributed by atoms with Gasteiger partial charge in [0.05, 0.1) is 18.8 Å². The highest BCUT2D eigenvalue weighted by Gasteiger charge is 2.65. The number of amides is 1. The summed E-state index contributed by atoms with van der Waals surface area (Å²) in [7, 11) is 0. The largest absolute Gasteiger partial charge is 0.478 e. The van der Waals surface area contributed by atoms with E-state index in [0.717, 1.165) is 56.3 Å². The molecule has 46 heavy (non-hydrogen) atoms. The number of carbonyl (C=O) groups excluding carboxylic acids is 1. The molecule has 1 saturated heterocycles. The number of hydrogen-bond donors (Lipinski definition) is 2. The number of hydrogen-bond acceptors (Lipinski definition) is 4. The van der Waals surface area contributed by atoms with Gasteiger partial charge in [0.1, 0.15) is 0 Å². The number of ether oxygens (including phenoxy) is 1. The predicted octanol–water partition coefficient (Wildman–Crippen LogP) is 7.68. The number of aromatic carboxylic acids is 1. The number of morpholine rings is 1. The standard InChI is InChI=1S/C40H58N2O4/c1-37(2)30(27-7-9-28(10-8-27)36(44)45)13-18-39(4)33(37)15-19-38(3)31-14-20-40(17-5-6-32(40)29(31)11-12-34(38)39)26-41-21-16-35(43)42-22-24-46-25-23-42/h7-10,13,29,31-34,41H,5-6,11-12,14-26H2,1-4H3,(H,44,45)/t29-,31?,32?,33?,34?,38-,39-,40+/m0/s1. The molecular formula is C40H58N2O4. The molecule has 6 aliphatic rings. The summed E-state index contributed by atoms with van der Waals surface area (Å²) in [5.74, 6) is 3.32. The van der Waals surface area contributed by atoms with Gasteiger partial charge in [0, 0.05) is 32.6 Å². The van der Waals surface area contributed by atoms with Gasteiger partial charge in [-0.15, -0.1) is 0 Å². The number of carboxylic acids is 1. The zero-order valence-electron chi connectivity index (χ0n) is 28.9. The van der Waals surface area contributed by atoms with E-state index in [1.165, 1.54) is 68.9 Å². The van der Waals surface area contributed by atoms with Crippen LogP contribution in [-0.2, 0) is 9.53 Å². The molecule has 1 aromatic rings. The topological polar surface area (TPSA) is 78.9 Å². The molecule has 0 bridgehead atoms. The third kappa shape index (κ3) is 5.19. The summed E-state index contributed by atoms with van der Waals surface area (Å²) in [4.78, 5) is 26.2. The first-order valence-electron chi connectivity index (χ1n) is 18.6. The second-order valence-corrected chi connectivity index (χ2v) is 17.2. The van der Waals surface area contributed by atoms with E-state index < -0.39 is 5.97 Å². The Kier molecular flexibility index (Phi) is 8.48. The van der Waals surface area contributed by atoms with E-state index in [9.17, 15) is 14.7 Å². The van der Waals surface area contributed by atoms with Crippen molar-refractivity contribution in [3.8, 4) is 0 Å². The van der Waals surface area contributed by atoms with Crippen molar-refractivity contribution in [3.63, 3.8) is 0 Å². The van der Waals surface area contributed by atoms with E-state index >= 15 is 0 Å². The van der Waals surface area contributed by atoms with Crippen molar-refractivity contribution in [1.82, 2.24) is 10.2 Å². The maximum Gasteiger partial charge on any atom is 0.335 e. The molecular weight excluding hydrogens is 572 g/mol. The first-order chi connectivity index (χ1) is 22.0. The fraction of sp³-hybridized carbons (Fsp3) is 0.750. The van der Waals surface area contributed by atoms with Crippen LogP contribution in [0.5, 0.6) is 0 Å². The molecule has 7 rings (SSSR count). The number of nitrogens with zero attached hydrogens (tertiary/aromatic N) is 1. The monoisotopic (exact) mass is 630 g/mol. The van der Waals surface area contributed by atoms with Crippen molar-refractivity contribution >= 4 is 17.4 Å². The summed E-state index contributed by atoms with van der Waals surface area (Å²) in [6.07, 6.45) is 16.5. The van der Waals surface area contributed by atoms with Crippen LogP contribution in [0, 0.1) is 51.2 Å². The normalized spacial score (nSPS) is 39.8. The molecule has 1 amide bonds. The van der Waals surface area contributed by atoms with Gasteiger partial charge in [0.15, 0.2) is 0 Å². The minimum Gasteiger partial charge on any atom is -0.478 e. The van der Waals surface area contributed by atoms with Gasteiger partial charge >= 0.3 is 5.97 Å². The molecule has 5 aliphatic carbocycles. The molecule has 252 valence electrons. The van der Waals surface area contributed by atoms with Gasteiger partial charge < -0.3 is 20.1 Å². The summed E-state index contributed by atoms with van der Waals surface area (Å²) >= 11 is 0. The van der Waals surface area contributed by atoms with Crippen LogP contribution in [0.15, 0.2) is 30.3 Å². The Morgan fingerprint density at radius 1 is 0.891 bits per heavy atom. The molecule has 5 fully saturated rings. The van der Waals surface area contributed by atoms with Crippen LogP contribution >= 0.6 is 0 Å². The fourth-order valence-corrected chi connectivity index (χ4v) is 13.1. The first-order valence-corrected chi connectivity index (χ1v) is 18.6. The van der Waals surface area contributed by atoms with Gasteiger partial charge in [-0.25, -0.2) is 4.79 Å². The third-order valence-electron chi connectivity index (χ3n) is 15.1. The lowest BCUT2D eigenvalue weighted by Crippen LogP contribution is -2.61. The quantitative estimate of drug-likeness (QED) is 0.302. The molecule has 0 aromatic heterocycles. The van der Waals surface area contributed by atoms with E-state index in [2.05, 4.69) is 39.1 Å². The molecule has 4 saturated carbocycles. The summed E-state index contributed by atoms with van der Waals surface area (Å²) < 4.78 is 5.43. The van der Waals surface area contributed by atoms with Crippen molar-refractivity contribution in [2.45, 2.75) is 98.3 Å². The second-order valence-electron chi connectivity index (χ2n) is 17.2. The molecule has 1 heterocycles. The van der Waals surface area contributed by atoms with Crippen LogP contribution in [0.4, 0.5) is 0 Å². The number of benzene rings is 1. The number of carbonyl (C=O) groups is 2. The SMILES string of the molecule is CC1(C)C(c2ccc(C(=O)O)cc2)=CC[C@@]2(C)C1CC[C@@]1(C)C3CC[C@@]4(CNCCC(=O)N5CCOCC5)CCCC4[C@H]3CCC12. The summed E-state index contributed by atoms with van der Waals surface area (Å²) in [6, 6.07) is 7.61. The molecule has 6 nitrogen and oxygen atoms in total. The van der Waals surface area contributed by atoms with Crippen LogP contribution in [0.1, 0.15) is 114 Å². The van der Waals surface area contributed by atoms with Crippen LogP contribution in [0.3, 0.4) is 0 Å². The summed E-state index contributed by atoms with van der Waals surface area (Å²) in [5.41, 5.74) is 4.15. The first kappa shape index (κ1) is 32.4. The number of allylic oxidation sites excluding steroid dienone is 2. The fourth-order valence-electron chi connectivity index (χ4n) is 13.1. The highest BCUT2D eigenvalue weighted by Crippen LogP contribution is 2.73. The molecule has 0 spiro atoms. The Morgan fingerprint density at radius 2 is 1.65 bits per heavy atom. The van der Waals surface area contributed by atoms with Gasteiger partial charge in [-0.05, 0) is 132 Å². The number of nitrogens with one attached hydrogen (secondary N) is 1. The van der Waals surface area contributed by atoms with E-state index in [1.807, 2.05) is 17.0 Å². The molecule has 1 aromatic carbocycles. The van der Waals surface area contributed by atoms with Gasteiger partial charge in [-0.1, -0.05) is 52.3 Å². The van der Waals surface area contributed by atoms with Crippen molar-refractivity contribution in [2.75, 3.05) is 39.4 Å². The number of carboxylic acid groups (broad SMARTS) is 1. The van der Waals surface area contributed by atoms with Crippen molar-refractivity contribution in [1.29, 1.82) is 0 Å². The molecule has 1 aliphatic heterocycles. The predicted molar refractivity (Wildman–Crippen MR) is 182 cm³/mol. The molecule has 4 unspecified atom stereocenters. The van der Waals surface area contributed by atoms with Crippen LogP contribution in [-0.4, -0.2) is 61.3 Å². The van der Waals surface area contributed by atoms with Gasteiger partial charge in [0.2, 0.25) is 5.91 Å². The molecule has 0 radical (unpaired) electrons. The van der Waals surface area contributed by atoms with Crippen LogP contribution in [0.25, 0.3) is 5.57 Å². The smallest absolute Gasteiger partial charge is 0.335 e. The third-order valence-corrected chi connectivity index (χ3v) is 15.1. The Hall–Kier alpha value is -2.18. The molecule has 2 N–H and O–H groups in total. The van der Waals surface area contributed by atoms with Crippen LogP contribution < -0.4 is 5.32 Å². The average Bonchev–Trinajstić information content (AvgIpc) is 3.48. The Balaban J connectivity index is 1.05. The van der Waals surface area contributed by atoms with Crippen molar-refractivity contribution < 1.29 is 19.4 Å². The summed E-state index contributed by atoms with van der Waals surface area (Å²) in [5, 5.41) is 13.2. The Morgan fingerprint density at radius 3 is 2.39 bits per heavy atom. The number of rotatable bonds is 7. The lowest BCUT2D eigenvalue weighted by Gasteiger charge is -2.68. The van der Waals surface area contributed by atoms with E-state index in [1.54, 1.807) is 12.1 Å². The maximum absolute atomic E-state index is 12.7. The Bertz CT molecular complexity index is 1350. The van der Waals surface area contributed by atoms with E-state index in [-0.39, 0.29) is 11.3 Å². The maximum atomic E-state index is 12.7. The van der Waals surface area contributed by atoms with Crippen molar-refractivity contribution in [3.05, 3.63) is 41.5 Å². The van der Waals surface area contributed by atoms with Crippen LogP contribution in [0.2, 0.25) is 0 Å². The minimum absolute atomic E-state index is 0.0535. The zero-order chi connectivity index (χ0) is 32.3. The Labute approximate surface area is 277 Å². The summed E-state index contributed by atoms with van der Waals surface area (Å²) in [6.45, 7) is 15.0. The lowest BCUT2D eigenvalue weighted by atomic mass is 9.36. The molecule has 8 atom stereocenters. The van der Waals surface area contributed by atoms with E-state index in [4.69, 9.17) is 4.74 Å². The zero-order valence-corrected chi connectivity index (χ0v) is 28.9. The number of fused-ring (bicyclic) bond motifs is 7. The highest BCUT2D eigenvalue weighted by atomic mass is 16.5. The highest BCUT2D eigenvalue weighted by molar-refractivity contribution is 5.88. The van der Waals surface area contributed by atoms with Gasteiger partial charge in [-0.3, -0.25) is 4.79 Å². The van der Waals surface area contributed by atoms with Crippen molar-refractivity contribution in [2.24, 2.45) is 51.2 Å². The second kappa shape index (κ2) is 12.1. The molecule has 6 heteroatoms. The van der Waals surface area contributed by atoms with E-state index in [0.29, 0.717) is 47.4 Å². The minimum atomic E-state index is -0.858. The average molecular weight is 631 g/mol. The van der Waals surface area contributed by atoms with Gasteiger partial charge in [0.25, 0.3) is 0 Å². The lowest BCUT2D eigenvalue weighted by molar-refractivity contribution is -0.177. The van der Waals surface area contributed by atoms with Gasteiger partial charge in [-0.2, -0.15) is 0 Å².